The van der Waals surface area contributed by atoms with Crippen molar-refractivity contribution in [1.29, 1.82) is 5.26 Å². The van der Waals surface area contributed by atoms with E-state index in [0.717, 1.165) is 52.8 Å². The van der Waals surface area contributed by atoms with Crippen molar-refractivity contribution >= 4 is 17.1 Å². The number of nitriles is 1. The molecule has 3 heterocycles. The monoisotopic (exact) mass is 506 g/mol. The van der Waals surface area contributed by atoms with E-state index >= 15 is 0 Å². The Labute approximate surface area is 224 Å². The van der Waals surface area contributed by atoms with Gasteiger partial charge in [0.2, 0.25) is 0 Å². The molecule has 1 atom stereocenters. The molecular formula is C32H34N4O2. The van der Waals surface area contributed by atoms with Crippen molar-refractivity contribution < 1.29 is 9.53 Å². The largest absolute Gasteiger partial charge is 0.444 e. The number of hydrogen-bond donors (Lipinski definition) is 0. The summed E-state index contributed by atoms with van der Waals surface area (Å²) in [6, 6.07) is 22.8. The third kappa shape index (κ3) is 5.43. The van der Waals surface area contributed by atoms with Crippen LogP contribution >= 0.6 is 0 Å². The van der Waals surface area contributed by atoms with Gasteiger partial charge in [0.25, 0.3) is 0 Å². The van der Waals surface area contributed by atoms with E-state index in [0.29, 0.717) is 24.6 Å². The molecule has 0 aliphatic carbocycles. The highest BCUT2D eigenvalue weighted by Crippen LogP contribution is 2.35. The third-order valence-electron chi connectivity index (χ3n) is 7.11. The van der Waals surface area contributed by atoms with Crippen molar-refractivity contribution in [1.82, 2.24) is 14.5 Å². The fraction of sp³-hybridized carbons (Fsp3) is 0.344. The number of fused-ring (bicyclic) bond motifs is 1. The Hall–Kier alpha value is -4.11. The lowest BCUT2D eigenvalue weighted by Crippen LogP contribution is -2.35. The van der Waals surface area contributed by atoms with Crippen molar-refractivity contribution in [3.8, 4) is 28.5 Å². The molecule has 2 aromatic heterocycles. The SMILES string of the molecule is CCc1ccc(-c2nc3ccn(C[C@H]4CCN(C(=O)OC(C)(C)C)C4)c3cc2-c2ccc(C#N)cc2)cc1. The average Bonchev–Trinajstić information content (AvgIpc) is 3.54. The predicted octanol–water partition coefficient (Wildman–Crippen LogP) is 7.06. The maximum absolute atomic E-state index is 12.5. The second-order valence-electron chi connectivity index (χ2n) is 11.1. The van der Waals surface area contributed by atoms with Crippen LogP contribution in [0.5, 0.6) is 0 Å². The molecule has 2 aromatic carbocycles. The standard InChI is InChI=1S/C32H34N4O2/c1-5-22-6-12-26(13-7-22)30-27(25-10-8-23(19-33)9-11-25)18-29-28(34-30)15-17-35(29)20-24-14-16-36(21-24)31(37)38-32(2,3)4/h6-13,15,17-18,24H,5,14,16,20-21H2,1-4H3/t24-/m1/s1. The summed E-state index contributed by atoms with van der Waals surface area (Å²) in [6.07, 6.45) is 3.79. The zero-order chi connectivity index (χ0) is 26.9. The van der Waals surface area contributed by atoms with E-state index in [2.05, 4.69) is 60.2 Å². The van der Waals surface area contributed by atoms with E-state index in [-0.39, 0.29) is 6.09 Å². The topological polar surface area (TPSA) is 71.2 Å². The molecule has 194 valence electrons. The van der Waals surface area contributed by atoms with Gasteiger partial charge in [0, 0.05) is 37.0 Å². The second-order valence-corrected chi connectivity index (χ2v) is 11.1. The highest BCUT2D eigenvalue weighted by atomic mass is 16.6. The molecule has 1 amide bonds. The highest BCUT2D eigenvalue weighted by molar-refractivity contribution is 5.90. The van der Waals surface area contributed by atoms with Crippen LogP contribution in [0.25, 0.3) is 33.4 Å². The molecule has 6 nitrogen and oxygen atoms in total. The summed E-state index contributed by atoms with van der Waals surface area (Å²) >= 11 is 0. The third-order valence-corrected chi connectivity index (χ3v) is 7.11. The van der Waals surface area contributed by atoms with E-state index in [1.165, 1.54) is 5.56 Å². The number of carbonyl (C=O) groups excluding carboxylic acids is 1. The molecule has 0 bridgehead atoms. The number of benzene rings is 2. The van der Waals surface area contributed by atoms with Crippen LogP contribution in [0.2, 0.25) is 0 Å². The molecule has 5 rings (SSSR count). The zero-order valence-electron chi connectivity index (χ0n) is 22.6. The van der Waals surface area contributed by atoms with Gasteiger partial charge in [0.1, 0.15) is 5.60 Å². The van der Waals surface area contributed by atoms with Crippen LogP contribution in [0, 0.1) is 17.2 Å². The molecule has 4 aromatic rings. The van der Waals surface area contributed by atoms with Crippen molar-refractivity contribution in [3.05, 3.63) is 78.0 Å². The number of rotatable bonds is 5. The number of aromatic nitrogens is 2. The molecule has 0 spiro atoms. The van der Waals surface area contributed by atoms with Gasteiger partial charge in [0.05, 0.1) is 28.4 Å². The molecular weight excluding hydrogens is 472 g/mol. The molecule has 0 radical (unpaired) electrons. The molecule has 1 saturated heterocycles. The molecule has 0 saturated carbocycles. The van der Waals surface area contributed by atoms with Gasteiger partial charge in [-0.2, -0.15) is 5.26 Å². The minimum Gasteiger partial charge on any atom is -0.444 e. The van der Waals surface area contributed by atoms with Gasteiger partial charge >= 0.3 is 6.09 Å². The minimum absolute atomic E-state index is 0.235. The van der Waals surface area contributed by atoms with E-state index in [9.17, 15) is 10.1 Å². The Bertz CT molecular complexity index is 1490. The summed E-state index contributed by atoms with van der Waals surface area (Å²) in [5.41, 5.74) is 7.50. The van der Waals surface area contributed by atoms with Gasteiger partial charge in [0.15, 0.2) is 0 Å². The number of carbonyl (C=O) groups is 1. The lowest BCUT2D eigenvalue weighted by atomic mass is 9.97. The van der Waals surface area contributed by atoms with E-state index in [1.54, 1.807) is 0 Å². The number of aryl methyl sites for hydroxylation is 1. The summed E-state index contributed by atoms with van der Waals surface area (Å²) in [5.74, 6) is 0.345. The van der Waals surface area contributed by atoms with Crippen LogP contribution in [-0.2, 0) is 17.7 Å². The van der Waals surface area contributed by atoms with E-state index in [4.69, 9.17) is 9.72 Å². The number of hydrogen-bond acceptors (Lipinski definition) is 4. The van der Waals surface area contributed by atoms with Crippen molar-refractivity contribution in [2.75, 3.05) is 13.1 Å². The van der Waals surface area contributed by atoms with E-state index in [1.807, 2.05) is 49.9 Å². The average molecular weight is 507 g/mol. The number of pyridine rings is 1. The smallest absolute Gasteiger partial charge is 0.410 e. The maximum Gasteiger partial charge on any atom is 0.410 e. The lowest BCUT2D eigenvalue weighted by Gasteiger charge is -2.24. The first-order valence-electron chi connectivity index (χ1n) is 13.3. The molecule has 1 fully saturated rings. The van der Waals surface area contributed by atoms with Crippen LogP contribution in [-0.4, -0.2) is 39.2 Å². The Morgan fingerprint density at radius 2 is 1.79 bits per heavy atom. The molecule has 1 aliphatic heterocycles. The number of likely N-dealkylation sites (tertiary alicyclic amines) is 1. The molecule has 0 unspecified atom stereocenters. The summed E-state index contributed by atoms with van der Waals surface area (Å²) < 4.78 is 7.83. The van der Waals surface area contributed by atoms with Gasteiger partial charge in [-0.25, -0.2) is 9.78 Å². The summed E-state index contributed by atoms with van der Waals surface area (Å²) in [7, 11) is 0. The van der Waals surface area contributed by atoms with Crippen LogP contribution in [0.4, 0.5) is 4.79 Å². The Kier molecular flexibility index (Phi) is 6.94. The molecule has 1 aliphatic rings. The Balaban J connectivity index is 1.48. The van der Waals surface area contributed by atoms with Crippen LogP contribution < -0.4 is 0 Å². The normalized spacial score (nSPS) is 15.6. The van der Waals surface area contributed by atoms with E-state index < -0.39 is 5.60 Å². The second kappa shape index (κ2) is 10.3. The van der Waals surface area contributed by atoms with Crippen molar-refractivity contribution in [3.63, 3.8) is 0 Å². The molecule has 6 heteroatoms. The van der Waals surface area contributed by atoms with Crippen molar-refractivity contribution in [2.24, 2.45) is 5.92 Å². The van der Waals surface area contributed by atoms with Gasteiger partial charge in [-0.05, 0) is 74.9 Å². The van der Waals surface area contributed by atoms with Crippen LogP contribution in [0.3, 0.4) is 0 Å². The van der Waals surface area contributed by atoms with Gasteiger partial charge in [-0.3, -0.25) is 0 Å². The van der Waals surface area contributed by atoms with Gasteiger partial charge in [-0.1, -0.05) is 43.3 Å². The zero-order valence-corrected chi connectivity index (χ0v) is 22.6. The van der Waals surface area contributed by atoms with Crippen LogP contribution in [0.1, 0.15) is 45.2 Å². The Morgan fingerprint density at radius 3 is 2.45 bits per heavy atom. The molecule has 0 N–H and O–H groups in total. The predicted molar refractivity (Wildman–Crippen MR) is 151 cm³/mol. The van der Waals surface area contributed by atoms with Crippen LogP contribution in [0.15, 0.2) is 66.9 Å². The number of ether oxygens (including phenoxy) is 1. The quantitative estimate of drug-likeness (QED) is 0.290. The number of nitrogens with zero attached hydrogens (tertiary/aromatic N) is 4. The summed E-state index contributed by atoms with van der Waals surface area (Å²) in [4.78, 5) is 19.5. The number of amides is 1. The minimum atomic E-state index is -0.492. The molecule has 38 heavy (non-hydrogen) atoms. The van der Waals surface area contributed by atoms with Gasteiger partial charge in [-0.15, -0.1) is 0 Å². The fourth-order valence-corrected chi connectivity index (χ4v) is 5.08. The summed E-state index contributed by atoms with van der Waals surface area (Å²) in [6.45, 7) is 10.1. The summed E-state index contributed by atoms with van der Waals surface area (Å²) in [5, 5.41) is 9.28. The first-order chi connectivity index (χ1) is 18.2. The van der Waals surface area contributed by atoms with Crippen molar-refractivity contribution in [2.45, 2.75) is 52.7 Å². The fourth-order valence-electron chi connectivity index (χ4n) is 5.08. The lowest BCUT2D eigenvalue weighted by molar-refractivity contribution is 0.0287. The first kappa shape index (κ1) is 25.5. The Morgan fingerprint density at radius 1 is 1.08 bits per heavy atom. The highest BCUT2D eigenvalue weighted by Gasteiger charge is 2.30. The van der Waals surface area contributed by atoms with Gasteiger partial charge < -0.3 is 14.2 Å². The maximum atomic E-state index is 12.5. The first-order valence-corrected chi connectivity index (χ1v) is 13.3.